The van der Waals surface area contributed by atoms with Gasteiger partial charge in [-0.15, -0.1) is 0 Å². The zero-order valence-electron chi connectivity index (χ0n) is 10.7. The molecule has 0 radical (unpaired) electrons. The molecule has 1 rings (SSSR count). The molecule has 0 spiro atoms. The molecule has 0 saturated carbocycles. The molecular formula is C10H17N5O3. The third-order valence-electron chi connectivity index (χ3n) is 2.40. The number of aryl methyl sites for hydroxylation is 2. The van der Waals surface area contributed by atoms with E-state index in [1.807, 2.05) is 6.92 Å². The predicted octanol–water partition coefficient (Wildman–Crippen LogP) is 0.439. The van der Waals surface area contributed by atoms with Crippen molar-refractivity contribution >= 4 is 17.4 Å². The summed E-state index contributed by atoms with van der Waals surface area (Å²) in [5, 5.41) is 20.6. The lowest BCUT2D eigenvalue weighted by atomic mass is 10.3. The van der Waals surface area contributed by atoms with Crippen LogP contribution in [-0.4, -0.2) is 33.7 Å². The SMILES string of the molecule is CCc1nn(C)c(NCCNC(C)=O)c1[N+](=O)[O-]. The molecule has 18 heavy (non-hydrogen) atoms. The number of nitro groups is 1. The van der Waals surface area contributed by atoms with Gasteiger partial charge in [-0.25, -0.2) is 4.68 Å². The fourth-order valence-corrected chi connectivity index (χ4v) is 1.62. The molecule has 0 fully saturated rings. The monoisotopic (exact) mass is 255 g/mol. The smallest absolute Gasteiger partial charge is 0.333 e. The van der Waals surface area contributed by atoms with Crippen LogP contribution in [0.15, 0.2) is 0 Å². The molecule has 0 aliphatic carbocycles. The summed E-state index contributed by atoms with van der Waals surface area (Å²) in [5.74, 6) is 0.229. The molecule has 1 amide bonds. The molecule has 8 nitrogen and oxygen atoms in total. The van der Waals surface area contributed by atoms with Crippen molar-refractivity contribution in [2.75, 3.05) is 18.4 Å². The van der Waals surface area contributed by atoms with Crippen molar-refractivity contribution in [3.8, 4) is 0 Å². The van der Waals surface area contributed by atoms with Crippen molar-refractivity contribution < 1.29 is 9.72 Å². The molecule has 0 aliphatic heterocycles. The van der Waals surface area contributed by atoms with E-state index in [1.54, 1.807) is 7.05 Å². The van der Waals surface area contributed by atoms with Crippen LogP contribution < -0.4 is 10.6 Å². The van der Waals surface area contributed by atoms with Crippen LogP contribution in [0.5, 0.6) is 0 Å². The van der Waals surface area contributed by atoms with Crippen LogP contribution in [0, 0.1) is 10.1 Å². The number of amides is 1. The van der Waals surface area contributed by atoms with Gasteiger partial charge in [0.2, 0.25) is 11.7 Å². The average molecular weight is 255 g/mol. The van der Waals surface area contributed by atoms with Crippen LogP contribution in [0.4, 0.5) is 11.5 Å². The van der Waals surface area contributed by atoms with E-state index in [0.29, 0.717) is 31.0 Å². The van der Waals surface area contributed by atoms with E-state index in [-0.39, 0.29) is 11.6 Å². The summed E-state index contributed by atoms with van der Waals surface area (Å²) in [6, 6.07) is 0. The second kappa shape index (κ2) is 5.99. The molecule has 1 aromatic heterocycles. The lowest BCUT2D eigenvalue weighted by Crippen LogP contribution is -2.26. The molecule has 8 heteroatoms. The Labute approximate surface area is 105 Å². The third kappa shape index (κ3) is 3.19. The molecular weight excluding hydrogens is 238 g/mol. The van der Waals surface area contributed by atoms with Gasteiger partial charge in [-0.1, -0.05) is 6.92 Å². The largest absolute Gasteiger partial charge is 0.363 e. The molecule has 0 aliphatic rings. The van der Waals surface area contributed by atoms with E-state index < -0.39 is 4.92 Å². The van der Waals surface area contributed by atoms with Crippen LogP contribution in [-0.2, 0) is 18.3 Å². The number of nitrogens with zero attached hydrogens (tertiary/aromatic N) is 3. The average Bonchev–Trinajstić information content (AvgIpc) is 2.61. The van der Waals surface area contributed by atoms with Crippen molar-refractivity contribution in [1.82, 2.24) is 15.1 Å². The zero-order valence-corrected chi connectivity index (χ0v) is 10.7. The lowest BCUT2D eigenvalue weighted by molar-refractivity contribution is -0.384. The van der Waals surface area contributed by atoms with Crippen LogP contribution in [0.1, 0.15) is 19.5 Å². The predicted molar refractivity (Wildman–Crippen MR) is 66.4 cm³/mol. The normalized spacial score (nSPS) is 10.2. The van der Waals surface area contributed by atoms with E-state index in [4.69, 9.17) is 0 Å². The van der Waals surface area contributed by atoms with E-state index >= 15 is 0 Å². The quantitative estimate of drug-likeness (QED) is 0.436. The van der Waals surface area contributed by atoms with Gasteiger partial charge in [0.05, 0.1) is 4.92 Å². The Morgan fingerprint density at radius 1 is 1.50 bits per heavy atom. The fourth-order valence-electron chi connectivity index (χ4n) is 1.62. The Balaban J connectivity index is 2.78. The number of nitrogens with one attached hydrogen (secondary N) is 2. The molecule has 0 bridgehead atoms. The summed E-state index contributed by atoms with van der Waals surface area (Å²) < 4.78 is 1.45. The highest BCUT2D eigenvalue weighted by atomic mass is 16.6. The van der Waals surface area contributed by atoms with Crippen LogP contribution in [0.3, 0.4) is 0 Å². The van der Waals surface area contributed by atoms with Crippen LogP contribution in [0.2, 0.25) is 0 Å². The van der Waals surface area contributed by atoms with Crippen molar-refractivity contribution in [2.24, 2.45) is 7.05 Å². The Kier molecular flexibility index (Phi) is 4.64. The minimum Gasteiger partial charge on any atom is -0.363 e. The molecule has 1 aromatic rings. The number of hydrogen-bond donors (Lipinski definition) is 2. The highest BCUT2D eigenvalue weighted by Gasteiger charge is 2.24. The highest BCUT2D eigenvalue weighted by molar-refractivity contribution is 5.72. The van der Waals surface area contributed by atoms with Gasteiger partial charge in [-0.2, -0.15) is 5.10 Å². The topological polar surface area (TPSA) is 102 Å². The molecule has 1 heterocycles. The maximum absolute atomic E-state index is 11.0. The number of rotatable bonds is 6. The molecule has 2 N–H and O–H groups in total. The summed E-state index contributed by atoms with van der Waals surface area (Å²) in [6.07, 6.45) is 0.498. The standard InChI is InChI=1S/C10H17N5O3/c1-4-8-9(15(17)18)10(14(3)13-8)12-6-5-11-7(2)16/h12H,4-6H2,1-3H3,(H,11,16). The van der Waals surface area contributed by atoms with Gasteiger partial charge >= 0.3 is 5.69 Å². The van der Waals surface area contributed by atoms with Crippen molar-refractivity contribution in [3.05, 3.63) is 15.8 Å². The summed E-state index contributed by atoms with van der Waals surface area (Å²) in [6.45, 7) is 4.04. The van der Waals surface area contributed by atoms with Gasteiger partial charge in [0, 0.05) is 27.1 Å². The summed E-state index contributed by atoms with van der Waals surface area (Å²) in [7, 11) is 1.65. The van der Waals surface area contributed by atoms with Gasteiger partial charge in [0.1, 0.15) is 5.69 Å². The maximum Gasteiger partial charge on any atom is 0.333 e. The molecule has 0 aromatic carbocycles. The molecule has 0 saturated heterocycles. The Morgan fingerprint density at radius 2 is 2.17 bits per heavy atom. The first-order chi connectivity index (χ1) is 8.47. The van der Waals surface area contributed by atoms with Crippen LogP contribution >= 0.6 is 0 Å². The van der Waals surface area contributed by atoms with E-state index in [9.17, 15) is 14.9 Å². The highest BCUT2D eigenvalue weighted by Crippen LogP contribution is 2.27. The minimum atomic E-state index is -0.438. The third-order valence-corrected chi connectivity index (χ3v) is 2.40. The Hall–Kier alpha value is -2.12. The lowest BCUT2D eigenvalue weighted by Gasteiger charge is -2.06. The van der Waals surface area contributed by atoms with E-state index in [2.05, 4.69) is 15.7 Å². The molecule has 0 unspecified atom stereocenters. The first-order valence-corrected chi connectivity index (χ1v) is 5.66. The van der Waals surface area contributed by atoms with E-state index in [0.717, 1.165) is 0 Å². The van der Waals surface area contributed by atoms with Gasteiger partial charge in [0.15, 0.2) is 0 Å². The zero-order chi connectivity index (χ0) is 13.7. The van der Waals surface area contributed by atoms with Crippen LogP contribution in [0.25, 0.3) is 0 Å². The van der Waals surface area contributed by atoms with Crippen molar-refractivity contribution in [2.45, 2.75) is 20.3 Å². The summed E-state index contributed by atoms with van der Waals surface area (Å²) in [5.41, 5.74) is 0.451. The first kappa shape index (κ1) is 13.9. The number of hydrogen-bond acceptors (Lipinski definition) is 5. The summed E-state index contributed by atoms with van der Waals surface area (Å²) in [4.78, 5) is 21.2. The number of aromatic nitrogens is 2. The molecule has 0 atom stereocenters. The fraction of sp³-hybridized carbons (Fsp3) is 0.600. The second-order valence-corrected chi connectivity index (χ2v) is 3.79. The van der Waals surface area contributed by atoms with Gasteiger partial charge in [-0.3, -0.25) is 14.9 Å². The van der Waals surface area contributed by atoms with E-state index in [1.165, 1.54) is 11.6 Å². The Morgan fingerprint density at radius 3 is 2.67 bits per heavy atom. The number of carbonyl (C=O) groups excluding carboxylic acids is 1. The Bertz CT molecular complexity index is 455. The number of anilines is 1. The van der Waals surface area contributed by atoms with Gasteiger partial charge in [0.25, 0.3) is 0 Å². The first-order valence-electron chi connectivity index (χ1n) is 5.66. The summed E-state index contributed by atoms with van der Waals surface area (Å²) >= 11 is 0. The van der Waals surface area contributed by atoms with Crippen molar-refractivity contribution in [1.29, 1.82) is 0 Å². The van der Waals surface area contributed by atoms with Gasteiger partial charge < -0.3 is 10.6 Å². The molecule has 100 valence electrons. The maximum atomic E-state index is 11.0. The second-order valence-electron chi connectivity index (χ2n) is 3.79. The van der Waals surface area contributed by atoms with Gasteiger partial charge in [-0.05, 0) is 6.42 Å². The van der Waals surface area contributed by atoms with Crippen molar-refractivity contribution in [3.63, 3.8) is 0 Å². The minimum absolute atomic E-state index is 0.00262. The number of carbonyl (C=O) groups is 1.